The lowest BCUT2D eigenvalue weighted by Crippen LogP contribution is -2.24. The van der Waals surface area contributed by atoms with Crippen LogP contribution in [0.4, 0.5) is 0 Å². The molecule has 0 saturated carbocycles. The first-order chi connectivity index (χ1) is 15.6. The van der Waals surface area contributed by atoms with Crippen molar-refractivity contribution in [2.24, 2.45) is 0 Å². The summed E-state index contributed by atoms with van der Waals surface area (Å²) in [6.45, 7) is 3.69. The molecule has 9 heteroatoms. The SMILES string of the molecule is CCOCCCn1c(SCc2nc(Cc3ccccc3)no2)nc2cc(Cl)ccc2c1=O. The third kappa shape index (κ3) is 5.56. The molecule has 0 saturated heterocycles. The van der Waals surface area contributed by atoms with Gasteiger partial charge in [0.25, 0.3) is 5.56 Å². The predicted molar refractivity (Wildman–Crippen MR) is 125 cm³/mol. The Morgan fingerprint density at radius 3 is 2.81 bits per heavy atom. The van der Waals surface area contributed by atoms with E-state index in [4.69, 9.17) is 25.8 Å². The highest BCUT2D eigenvalue weighted by Gasteiger charge is 2.14. The summed E-state index contributed by atoms with van der Waals surface area (Å²) in [5, 5.41) is 5.74. The van der Waals surface area contributed by atoms with E-state index in [1.54, 1.807) is 22.8 Å². The average Bonchev–Trinajstić information content (AvgIpc) is 3.24. The molecule has 0 amide bonds. The van der Waals surface area contributed by atoms with Gasteiger partial charge in [-0.05, 0) is 37.1 Å². The second-order valence-electron chi connectivity index (χ2n) is 7.12. The van der Waals surface area contributed by atoms with Gasteiger partial charge in [0.1, 0.15) is 0 Å². The Bertz CT molecular complexity index is 1240. The quantitative estimate of drug-likeness (QED) is 0.188. The third-order valence-electron chi connectivity index (χ3n) is 4.80. The van der Waals surface area contributed by atoms with E-state index in [2.05, 4.69) is 10.1 Å². The third-order valence-corrected chi connectivity index (χ3v) is 5.99. The lowest BCUT2D eigenvalue weighted by atomic mass is 10.1. The number of hydrogen-bond donors (Lipinski definition) is 0. The highest BCUT2D eigenvalue weighted by Crippen LogP contribution is 2.23. The molecule has 0 spiro atoms. The molecule has 0 atom stereocenters. The first-order valence-corrected chi connectivity index (χ1v) is 11.8. The normalized spacial score (nSPS) is 11.3. The number of nitrogens with zero attached hydrogens (tertiary/aromatic N) is 4. The second kappa shape index (κ2) is 10.8. The topological polar surface area (TPSA) is 83.0 Å². The summed E-state index contributed by atoms with van der Waals surface area (Å²) < 4.78 is 12.5. The van der Waals surface area contributed by atoms with Crippen molar-refractivity contribution in [3.8, 4) is 0 Å². The van der Waals surface area contributed by atoms with Gasteiger partial charge in [0.15, 0.2) is 11.0 Å². The van der Waals surface area contributed by atoms with Crippen molar-refractivity contribution >= 4 is 34.3 Å². The maximum Gasteiger partial charge on any atom is 0.262 e. The number of thioether (sulfide) groups is 1. The summed E-state index contributed by atoms with van der Waals surface area (Å²) >= 11 is 7.51. The van der Waals surface area contributed by atoms with Gasteiger partial charge in [0.05, 0.1) is 16.7 Å². The van der Waals surface area contributed by atoms with Crippen LogP contribution in [-0.2, 0) is 23.5 Å². The summed E-state index contributed by atoms with van der Waals surface area (Å²) in [6.07, 6.45) is 1.31. The van der Waals surface area contributed by atoms with Gasteiger partial charge in [0, 0.05) is 31.2 Å². The van der Waals surface area contributed by atoms with Gasteiger partial charge in [-0.1, -0.05) is 58.9 Å². The monoisotopic (exact) mass is 470 g/mol. The van der Waals surface area contributed by atoms with Crippen LogP contribution in [0.25, 0.3) is 10.9 Å². The van der Waals surface area contributed by atoms with Crippen molar-refractivity contribution in [2.45, 2.75) is 37.2 Å². The Morgan fingerprint density at radius 2 is 2.00 bits per heavy atom. The van der Waals surface area contributed by atoms with Crippen molar-refractivity contribution in [2.75, 3.05) is 13.2 Å². The molecule has 166 valence electrons. The molecular formula is C23H23ClN4O3S. The summed E-state index contributed by atoms with van der Waals surface area (Å²) in [6, 6.07) is 15.1. The molecule has 4 aromatic rings. The fraction of sp³-hybridized carbons (Fsp3) is 0.304. The van der Waals surface area contributed by atoms with E-state index in [0.717, 1.165) is 5.56 Å². The molecule has 0 bridgehead atoms. The molecule has 0 aliphatic heterocycles. The smallest absolute Gasteiger partial charge is 0.262 e. The lowest BCUT2D eigenvalue weighted by Gasteiger charge is -2.12. The fourth-order valence-electron chi connectivity index (χ4n) is 3.28. The molecule has 0 unspecified atom stereocenters. The van der Waals surface area contributed by atoms with E-state index in [9.17, 15) is 4.79 Å². The van der Waals surface area contributed by atoms with Crippen LogP contribution < -0.4 is 5.56 Å². The summed E-state index contributed by atoms with van der Waals surface area (Å²) in [4.78, 5) is 22.3. The summed E-state index contributed by atoms with van der Waals surface area (Å²) in [5.74, 6) is 1.52. The minimum Gasteiger partial charge on any atom is -0.382 e. The highest BCUT2D eigenvalue weighted by atomic mass is 35.5. The molecule has 0 fully saturated rings. The maximum absolute atomic E-state index is 13.1. The maximum atomic E-state index is 13.1. The Morgan fingerprint density at radius 1 is 1.16 bits per heavy atom. The minimum atomic E-state index is -0.0963. The Kier molecular flexibility index (Phi) is 7.57. The van der Waals surface area contributed by atoms with Crippen molar-refractivity contribution in [1.82, 2.24) is 19.7 Å². The van der Waals surface area contributed by atoms with Crippen LogP contribution in [-0.4, -0.2) is 32.9 Å². The first-order valence-electron chi connectivity index (χ1n) is 10.4. The van der Waals surface area contributed by atoms with Crippen molar-refractivity contribution in [1.29, 1.82) is 0 Å². The van der Waals surface area contributed by atoms with E-state index < -0.39 is 0 Å². The van der Waals surface area contributed by atoms with Crippen molar-refractivity contribution in [3.05, 3.63) is 81.2 Å². The fourth-order valence-corrected chi connectivity index (χ4v) is 4.30. The lowest BCUT2D eigenvalue weighted by molar-refractivity contribution is 0.140. The molecule has 2 aromatic carbocycles. The van der Waals surface area contributed by atoms with E-state index in [0.29, 0.717) is 71.2 Å². The molecule has 0 radical (unpaired) electrons. The van der Waals surface area contributed by atoms with E-state index in [1.807, 2.05) is 37.3 Å². The molecule has 32 heavy (non-hydrogen) atoms. The predicted octanol–water partition coefficient (Wildman–Crippen LogP) is 4.74. The Balaban J connectivity index is 1.54. The molecule has 2 heterocycles. The molecule has 0 aliphatic carbocycles. The number of ether oxygens (including phenoxy) is 1. The van der Waals surface area contributed by atoms with Crippen LogP contribution >= 0.6 is 23.4 Å². The highest BCUT2D eigenvalue weighted by molar-refractivity contribution is 7.98. The summed E-state index contributed by atoms with van der Waals surface area (Å²) in [7, 11) is 0. The zero-order chi connectivity index (χ0) is 22.3. The van der Waals surface area contributed by atoms with E-state index in [1.165, 1.54) is 11.8 Å². The van der Waals surface area contributed by atoms with Gasteiger partial charge in [-0.3, -0.25) is 9.36 Å². The van der Waals surface area contributed by atoms with Crippen molar-refractivity contribution < 1.29 is 9.26 Å². The zero-order valence-electron chi connectivity index (χ0n) is 17.7. The number of halogens is 1. The Hall–Kier alpha value is -2.68. The van der Waals surface area contributed by atoms with Crippen LogP contribution in [0, 0.1) is 0 Å². The van der Waals surface area contributed by atoms with Crippen LogP contribution in [0.2, 0.25) is 5.02 Å². The summed E-state index contributed by atoms with van der Waals surface area (Å²) in [5.41, 5.74) is 1.59. The van der Waals surface area contributed by atoms with Crippen LogP contribution in [0.15, 0.2) is 63.0 Å². The molecule has 0 aliphatic rings. The van der Waals surface area contributed by atoms with Gasteiger partial charge in [-0.15, -0.1) is 0 Å². The van der Waals surface area contributed by atoms with Gasteiger partial charge in [0.2, 0.25) is 5.89 Å². The number of benzene rings is 2. The number of fused-ring (bicyclic) bond motifs is 1. The Labute approximate surface area is 194 Å². The van der Waals surface area contributed by atoms with Gasteiger partial charge in [-0.2, -0.15) is 4.98 Å². The van der Waals surface area contributed by atoms with Crippen molar-refractivity contribution in [3.63, 3.8) is 0 Å². The first kappa shape index (κ1) is 22.5. The second-order valence-corrected chi connectivity index (χ2v) is 8.50. The molecule has 2 aromatic heterocycles. The van der Waals surface area contributed by atoms with Crippen LogP contribution in [0.1, 0.15) is 30.6 Å². The van der Waals surface area contributed by atoms with Crippen LogP contribution in [0.3, 0.4) is 0 Å². The zero-order valence-corrected chi connectivity index (χ0v) is 19.2. The largest absolute Gasteiger partial charge is 0.382 e. The molecule has 7 nitrogen and oxygen atoms in total. The average molecular weight is 471 g/mol. The molecule has 0 N–H and O–H groups in total. The number of rotatable bonds is 10. The number of hydrogen-bond acceptors (Lipinski definition) is 7. The van der Waals surface area contributed by atoms with Gasteiger partial charge >= 0.3 is 0 Å². The molecular weight excluding hydrogens is 448 g/mol. The standard InChI is InChI=1S/C23H23ClN4O3S/c1-2-30-12-6-11-28-22(29)18-10-9-17(24)14-19(18)25-23(28)32-15-21-26-20(27-31-21)13-16-7-4-3-5-8-16/h3-5,7-10,14H,2,6,11-13,15H2,1H3. The molecule has 4 rings (SSSR count). The van der Waals surface area contributed by atoms with E-state index in [-0.39, 0.29) is 5.56 Å². The van der Waals surface area contributed by atoms with Crippen LogP contribution in [0.5, 0.6) is 0 Å². The van der Waals surface area contributed by atoms with E-state index >= 15 is 0 Å². The van der Waals surface area contributed by atoms with Gasteiger partial charge in [-0.25, -0.2) is 4.98 Å². The van der Waals surface area contributed by atoms with Gasteiger partial charge < -0.3 is 9.26 Å². The number of aromatic nitrogens is 4. The minimum absolute atomic E-state index is 0.0963.